The van der Waals surface area contributed by atoms with Crippen LogP contribution in [0.2, 0.25) is 10.0 Å². The number of nitrogen functional groups attached to an aromatic ring is 1. The van der Waals surface area contributed by atoms with Gasteiger partial charge in [-0.2, -0.15) is 0 Å². The smallest absolute Gasteiger partial charge is 0.142 e. The Morgan fingerprint density at radius 1 is 1.00 bits per heavy atom. The van der Waals surface area contributed by atoms with E-state index < -0.39 is 6.10 Å². The van der Waals surface area contributed by atoms with Gasteiger partial charge in [0.15, 0.2) is 0 Å². The number of para-hydroxylation sites is 2. The summed E-state index contributed by atoms with van der Waals surface area (Å²) < 4.78 is 10.8. The highest BCUT2D eigenvalue weighted by atomic mass is 35.5. The topological polar surface area (TPSA) is 64.7 Å². The van der Waals surface area contributed by atoms with E-state index in [0.717, 1.165) is 0 Å². The van der Waals surface area contributed by atoms with Crippen molar-refractivity contribution in [3.63, 3.8) is 0 Å². The molecule has 0 aliphatic carbocycles. The standard InChI is InChI=1S/C15H15Cl2NO3/c16-12-6-5-11(7-13(12)17)20-8-10(19)9-21-15-4-2-1-3-14(15)18/h1-7,10,19H,8-9,18H2. The Morgan fingerprint density at radius 2 is 1.71 bits per heavy atom. The maximum atomic E-state index is 9.84. The van der Waals surface area contributed by atoms with Crippen LogP contribution < -0.4 is 15.2 Å². The quantitative estimate of drug-likeness (QED) is 0.798. The van der Waals surface area contributed by atoms with Gasteiger partial charge in [-0.25, -0.2) is 0 Å². The van der Waals surface area contributed by atoms with Crippen LogP contribution >= 0.6 is 23.2 Å². The maximum absolute atomic E-state index is 9.84. The van der Waals surface area contributed by atoms with E-state index in [9.17, 15) is 5.11 Å². The molecule has 0 fully saturated rings. The Balaban J connectivity index is 1.81. The summed E-state index contributed by atoms with van der Waals surface area (Å²) in [6, 6.07) is 12.0. The zero-order chi connectivity index (χ0) is 15.2. The molecule has 0 heterocycles. The second-order valence-electron chi connectivity index (χ2n) is 4.39. The average Bonchev–Trinajstić information content (AvgIpc) is 2.47. The van der Waals surface area contributed by atoms with Gasteiger partial charge in [-0.05, 0) is 24.3 Å². The molecule has 0 aromatic heterocycles. The minimum absolute atomic E-state index is 0.0741. The fourth-order valence-electron chi connectivity index (χ4n) is 1.61. The number of hydrogen-bond donors (Lipinski definition) is 2. The zero-order valence-electron chi connectivity index (χ0n) is 11.1. The van der Waals surface area contributed by atoms with Crippen molar-refractivity contribution >= 4 is 28.9 Å². The second-order valence-corrected chi connectivity index (χ2v) is 5.20. The van der Waals surface area contributed by atoms with Crippen molar-refractivity contribution in [3.8, 4) is 11.5 Å². The first kappa shape index (κ1) is 15.8. The second kappa shape index (κ2) is 7.41. The fourth-order valence-corrected chi connectivity index (χ4v) is 1.89. The number of benzene rings is 2. The average molecular weight is 328 g/mol. The van der Waals surface area contributed by atoms with Crippen LogP contribution in [-0.2, 0) is 0 Å². The van der Waals surface area contributed by atoms with Crippen LogP contribution in [0.25, 0.3) is 0 Å². The van der Waals surface area contributed by atoms with Gasteiger partial charge in [0.05, 0.1) is 15.7 Å². The van der Waals surface area contributed by atoms with Gasteiger partial charge in [-0.15, -0.1) is 0 Å². The Morgan fingerprint density at radius 3 is 2.43 bits per heavy atom. The molecular formula is C15H15Cl2NO3. The predicted octanol–water partition coefficient (Wildman–Crippen LogP) is 3.39. The zero-order valence-corrected chi connectivity index (χ0v) is 12.6. The molecule has 2 rings (SSSR count). The molecule has 0 saturated heterocycles. The predicted molar refractivity (Wildman–Crippen MR) is 84.3 cm³/mol. The SMILES string of the molecule is Nc1ccccc1OCC(O)COc1ccc(Cl)c(Cl)c1. The van der Waals surface area contributed by atoms with Crippen LogP contribution in [0.5, 0.6) is 11.5 Å². The van der Waals surface area contributed by atoms with Gasteiger partial charge in [0.2, 0.25) is 0 Å². The lowest BCUT2D eigenvalue weighted by atomic mass is 10.3. The molecule has 1 unspecified atom stereocenters. The number of aliphatic hydroxyl groups excluding tert-OH is 1. The van der Waals surface area contributed by atoms with E-state index in [1.54, 1.807) is 30.3 Å². The molecular weight excluding hydrogens is 313 g/mol. The maximum Gasteiger partial charge on any atom is 0.142 e. The van der Waals surface area contributed by atoms with E-state index in [1.165, 1.54) is 0 Å². The van der Waals surface area contributed by atoms with E-state index in [4.69, 9.17) is 38.4 Å². The van der Waals surface area contributed by atoms with Gasteiger partial charge >= 0.3 is 0 Å². The minimum atomic E-state index is -0.793. The highest BCUT2D eigenvalue weighted by Gasteiger charge is 2.09. The molecule has 0 saturated carbocycles. The summed E-state index contributed by atoms with van der Waals surface area (Å²) in [5.41, 5.74) is 6.26. The first-order valence-corrected chi connectivity index (χ1v) is 7.05. The molecule has 3 N–H and O–H groups in total. The van der Waals surface area contributed by atoms with Crippen molar-refractivity contribution in [2.24, 2.45) is 0 Å². The Hall–Kier alpha value is -1.62. The van der Waals surface area contributed by atoms with Gasteiger partial charge in [-0.1, -0.05) is 35.3 Å². The normalized spacial score (nSPS) is 12.0. The third-order valence-corrected chi connectivity index (χ3v) is 3.42. The molecule has 4 nitrogen and oxygen atoms in total. The molecule has 0 amide bonds. The van der Waals surface area contributed by atoms with E-state index in [0.29, 0.717) is 27.2 Å². The number of ether oxygens (including phenoxy) is 2. The molecule has 0 bridgehead atoms. The van der Waals surface area contributed by atoms with Crippen LogP contribution in [0, 0.1) is 0 Å². The van der Waals surface area contributed by atoms with Crippen LogP contribution in [0.3, 0.4) is 0 Å². The van der Waals surface area contributed by atoms with Gasteiger partial charge in [0.1, 0.15) is 30.8 Å². The number of aliphatic hydroxyl groups is 1. The number of hydrogen-bond acceptors (Lipinski definition) is 4. The van der Waals surface area contributed by atoms with Gasteiger partial charge in [-0.3, -0.25) is 0 Å². The van der Waals surface area contributed by atoms with Crippen LogP contribution in [0.15, 0.2) is 42.5 Å². The molecule has 2 aromatic carbocycles. The van der Waals surface area contributed by atoms with E-state index >= 15 is 0 Å². The van der Waals surface area contributed by atoms with Crippen molar-refractivity contribution in [3.05, 3.63) is 52.5 Å². The highest BCUT2D eigenvalue weighted by molar-refractivity contribution is 6.42. The molecule has 112 valence electrons. The van der Waals surface area contributed by atoms with Crippen LogP contribution in [0.4, 0.5) is 5.69 Å². The lowest BCUT2D eigenvalue weighted by molar-refractivity contribution is 0.0629. The summed E-state index contributed by atoms with van der Waals surface area (Å²) in [7, 11) is 0. The lowest BCUT2D eigenvalue weighted by Gasteiger charge is -2.14. The van der Waals surface area contributed by atoms with Gasteiger partial charge in [0.25, 0.3) is 0 Å². The first-order chi connectivity index (χ1) is 10.1. The summed E-state index contributed by atoms with van der Waals surface area (Å²) in [4.78, 5) is 0. The summed E-state index contributed by atoms with van der Waals surface area (Å²) in [6.45, 7) is 0.153. The summed E-state index contributed by atoms with van der Waals surface area (Å²) in [6.07, 6.45) is -0.793. The lowest BCUT2D eigenvalue weighted by Crippen LogP contribution is -2.25. The molecule has 0 aliphatic heterocycles. The number of halogens is 2. The minimum Gasteiger partial charge on any atom is -0.491 e. The fraction of sp³-hybridized carbons (Fsp3) is 0.200. The monoisotopic (exact) mass is 327 g/mol. The van der Waals surface area contributed by atoms with Crippen molar-refractivity contribution in [2.75, 3.05) is 18.9 Å². The molecule has 0 radical (unpaired) electrons. The molecule has 6 heteroatoms. The summed E-state index contributed by atoms with van der Waals surface area (Å²) in [5.74, 6) is 1.06. The molecule has 2 aromatic rings. The van der Waals surface area contributed by atoms with E-state index in [1.807, 2.05) is 12.1 Å². The van der Waals surface area contributed by atoms with Crippen molar-refractivity contribution in [1.29, 1.82) is 0 Å². The van der Waals surface area contributed by atoms with E-state index in [2.05, 4.69) is 0 Å². The van der Waals surface area contributed by atoms with Crippen molar-refractivity contribution in [2.45, 2.75) is 6.10 Å². The van der Waals surface area contributed by atoms with Crippen LogP contribution in [-0.4, -0.2) is 24.4 Å². The van der Waals surface area contributed by atoms with Gasteiger partial charge in [0, 0.05) is 6.07 Å². The number of rotatable bonds is 6. The third kappa shape index (κ3) is 4.70. The molecule has 1 atom stereocenters. The van der Waals surface area contributed by atoms with E-state index in [-0.39, 0.29) is 13.2 Å². The molecule has 0 spiro atoms. The Bertz CT molecular complexity index is 607. The molecule has 21 heavy (non-hydrogen) atoms. The molecule has 0 aliphatic rings. The Labute approximate surface area is 133 Å². The highest BCUT2D eigenvalue weighted by Crippen LogP contribution is 2.26. The third-order valence-electron chi connectivity index (χ3n) is 2.68. The Kier molecular flexibility index (Phi) is 5.56. The summed E-state index contributed by atoms with van der Waals surface area (Å²) in [5, 5.41) is 10.7. The van der Waals surface area contributed by atoms with Crippen molar-refractivity contribution < 1.29 is 14.6 Å². The van der Waals surface area contributed by atoms with Gasteiger partial charge < -0.3 is 20.3 Å². The van der Waals surface area contributed by atoms with Crippen molar-refractivity contribution in [1.82, 2.24) is 0 Å². The number of nitrogens with two attached hydrogens (primary N) is 1. The summed E-state index contributed by atoms with van der Waals surface area (Å²) >= 11 is 11.7. The van der Waals surface area contributed by atoms with Crippen LogP contribution in [0.1, 0.15) is 0 Å². The first-order valence-electron chi connectivity index (χ1n) is 6.29. The number of anilines is 1. The largest absolute Gasteiger partial charge is 0.491 e.